The van der Waals surface area contributed by atoms with Crippen LogP contribution in [0.15, 0.2) is 30.6 Å². The van der Waals surface area contributed by atoms with E-state index < -0.39 is 0 Å². The topological polar surface area (TPSA) is 44.1 Å². The van der Waals surface area contributed by atoms with E-state index in [0.717, 1.165) is 11.4 Å². The Balaban J connectivity index is 2.12. The standard InChI is InChI=1S/C12H9ClN2O2/c13-8-1-3-9(4-2-8)15-7-14-10-5-6-17-12(16)11(10)15/h1-4,7H,5-6H2. The van der Waals surface area contributed by atoms with Crippen molar-refractivity contribution >= 4 is 17.6 Å². The maximum absolute atomic E-state index is 11.7. The first-order chi connectivity index (χ1) is 8.25. The van der Waals surface area contributed by atoms with Gasteiger partial charge in [0.05, 0.1) is 12.3 Å². The predicted molar refractivity (Wildman–Crippen MR) is 62.6 cm³/mol. The van der Waals surface area contributed by atoms with E-state index in [9.17, 15) is 4.79 Å². The number of ether oxygens (including phenoxy) is 1. The molecule has 17 heavy (non-hydrogen) atoms. The molecule has 0 amide bonds. The van der Waals surface area contributed by atoms with E-state index in [2.05, 4.69) is 4.98 Å². The summed E-state index contributed by atoms with van der Waals surface area (Å²) >= 11 is 5.83. The average Bonchev–Trinajstić information content (AvgIpc) is 2.75. The molecule has 2 aromatic rings. The lowest BCUT2D eigenvalue weighted by Gasteiger charge is -2.13. The summed E-state index contributed by atoms with van der Waals surface area (Å²) in [5.41, 5.74) is 2.15. The monoisotopic (exact) mass is 248 g/mol. The smallest absolute Gasteiger partial charge is 0.357 e. The van der Waals surface area contributed by atoms with Crippen LogP contribution in [0.2, 0.25) is 5.02 Å². The van der Waals surface area contributed by atoms with Crippen molar-refractivity contribution in [2.75, 3.05) is 6.61 Å². The van der Waals surface area contributed by atoms with Gasteiger partial charge >= 0.3 is 5.97 Å². The third-order valence-electron chi connectivity index (χ3n) is 2.71. The van der Waals surface area contributed by atoms with Gasteiger partial charge in [0.25, 0.3) is 0 Å². The summed E-state index contributed by atoms with van der Waals surface area (Å²) in [6.07, 6.45) is 2.31. The Labute approximate surface area is 103 Å². The molecule has 1 aromatic carbocycles. The van der Waals surface area contributed by atoms with Crippen molar-refractivity contribution in [3.05, 3.63) is 47.0 Å². The average molecular weight is 249 g/mol. The molecule has 0 fully saturated rings. The molecular formula is C12H9ClN2O2. The number of nitrogens with zero attached hydrogens (tertiary/aromatic N) is 2. The van der Waals surface area contributed by atoms with Gasteiger partial charge in [0.15, 0.2) is 5.69 Å². The van der Waals surface area contributed by atoms with E-state index in [4.69, 9.17) is 16.3 Å². The normalized spacial score (nSPS) is 14.3. The van der Waals surface area contributed by atoms with Crippen LogP contribution < -0.4 is 0 Å². The number of benzene rings is 1. The third kappa shape index (κ3) is 1.70. The molecule has 0 N–H and O–H groups in total. The Bertz CT molecular complexity index is 575. The molecular weight excluding hydrogens is 240 g/mol. The minimum Gasteiger partial charge on any atom is -0.461 e. The summed E-state index contributed by atoms with van der Waals surface area (Å²) in [7, 11) is 0. The highest BCUT2D eigenvalue weighted by atomic mass is 35.5. The van der Waals surface area contributed by atoms with Crippen molar-refractivity contribution in [3.63, 3.8) is 0 Å². The number of halogens is 1. The molecule has 86 valence electrons. The predicted octanol–water partition coefficient (Wildman–Crippen LogP) is 2.24. The van der Waals surface area contributed by atoms with Crippen LogP contribution in [0.5, 0.6) is 0 Å². The minimum atomic E-state index is -0.321. The second kappa shape index (κ2) is 3.89. The van der Waals surface area contributed by atoms with Crippen LogP contribution >= 0.6 is 11.6 Å². The molecule has 0 spiro atoms. The van der Waals surface area contributed by atoms with Crippen LogP contribution in [0, 0.1) is 0 Å². The molecule has 0 saturated heterocycles. The summed E-state index contributed by atoms with van der Waals surface area (Å²) in [6.45, 7) is 0.406. The zero-order valence-corrected chi connectivity index (χ0v) is 9.65. The molecule has 1 aliphatic rings. The maximum Gasteiger partial charge on any atom is 0.357 e. The summed E-state index contributed by atoms with van der Waals surface area (Å²) in [5.74, 6) is -0.321. The van der Waals surface area contributed by atoms with Crippen molar-refractivity contribution in [2.24, 2.45) is 0 Å². The van der Waals surface area contributed by atoms with Gasteiger partial charge in [0, 0.05) is 17.1 Å². The fourth-order valence-corrected chi connectivity index (χ4v) is 2.02. The van der Waals surface area contributed by atoms with Gasteiger partial charge in [-0.1, -0.05) is 11.6 Å². The third-order valence-corrected chi connectivity index (χ3v) is 2.97. The lowest BCUT2D eigenvalue weighted by atomic mass is 10.2. The largest absolute Gasteiger partial charge is 0.461 e. The van der Waals surface area contributed by atoms with Crippen molar-refractivity contribution < 1.29 is 9.53 Å². The Morgan fingerprint density at radius 3 is 2.82 bits per heavy atom. The van der Waals surface area contributed by atoms with E-state index in [0.29, 0.717) is 23.7 Å². The number of carbonyl (C=O) groups excluding carboxylic acids is 1. The Kier molecular flexibility index (Phi) is 2.37. The van der Waals surface area contributed by atoms with E-state index in [-0.39, 0.29) is 5.97 Å². The van der Waals surface area contributed by atoms with Crippen molar-refractivity contribution in [1.82, 2.24) is 9.55 Å². The van der Waals surface area contributed by atoms with Gasteiger partial charge in [-0.2, -0.15) is 0 Å². The lowest BCUT2D eigenvalue weighted by molar-refractivity contribution is 0.0468. The van der Waals surface area contributed by atoms with E-state index in [1.807, 2.05) is 12.1 Å². The summed E-state index contributed by atoms with van der Waals surface area (Å²) in [4.78, 5) is 15.9. The number of hydrogen-bond acceptors (Lipinski definition) is 3. The fourth-order valence-electron chi connectivity index (χ4n) is 1.89. The summed E-state index contributed by atoms with van der Waals surface area (Å²) in [5, 5.41) is 0.658. The van der Waals surface area contributed by atoms with Crippen LogP contribution in [-0.2, 0) is 11.2 Å². The summed E-state index contributed by atoms with van der Waals surface area (Å²) < 4.78 is 6.75. The maximum atomic E-state index is 11.7. The van der Waals surface area contributed by atoms with Crippen molar-refractivity contribution in [3.8, 4) is 5.69 Å². The molecule has 0 saturated carbocycles. The van der Waals surface area contributed by atoms with Crippen LogP contribution in [0.4, 0.5) is 0 Å². The highest BCUT2D eigenvalue weighted by Gasteiger charge is 2.24. The number of cyclic esters (lactones) is 1. The van der Waals surface area contributed by atoms with E-state index >= 15 is 0 Å². The van der Waals surface area contributed by atoms with Gasteiger partial charge in [-0.3, -0.25) is 4.57 Å². The molecule has 5 heteroatoms. The molecule has 3 rings (SSSR count). The number of aromatic nitrogens is 2. The van der Waals surface area contributed by atoms with Crippen LogP contribution in [0.1, 0.15) is 16.2 Å². The molecule has 1 aromatic heterocycles. The fraction of sp³-hybridized carbons (Fsp3) is 0.167. The number of rotatable bonds is 1. The minimum absolute atomic E-state index is 0.321. The number of fused-ring (bicyclic) bond motifs is 1. The van der Waals surface area contributed by atoms with E-state index in [1.54, 1.807) is 23.0 Å². The summed E-state index contributed by atoms with van der Waals surface area (Å²) in [6, 6.07) is 7.23. The number of hydrogen-bond donors (Lipinski definition) is 0. The first-order valence-electron chi connectivity index (χ1n) is 5.25. The first-order valence-corrected chi connectivity index (χ1v) is 5.63. The van der Waals surface area contributed by atoms with Gasteiger partial charge < -0.3 is 4.74 Å². The van der Waals surface area contributed by atoms with Crippen LogP contribution in [0.25, 0.3) is 5.69 Å². The molecule has 1 aliphatic heterocycles. The number of esters is 1. The Morgan fingerprint density at radius 2 is 2.06 bits per heavy atom. The molecule has 0 atom stereocenters. The van der Waals surface area contributed by atoms with Crippen LogP contribution in [0.3, 0.4) is 0 Å². The quantitative estimate of drug-likeness (QED) is 0.727. The lowest BCUT2D eigenvalue weighted by Crippen LogP contribution is -2.20. The van der Waals surface area contributed by atoms with E-state index in [1.165, 1.54) is 0 Å². The molecule has 0 aliphatic carbocycles. The highest BCUT2D eigenvalue weighted by molar-refractivity contribution is 6.30. The van der Waals surface area contributed by atoms with Crippen molar-refractivity contribution in [1.29, 1.82) is 0 Å². The van der Waals surface area contributed by atoms with Gasteiger partial charge in [-0.25, -0.2) is 9.78 Å². The highest BCUT2D eigenvalue weighted by Crippen LogP contribution is 2.21. The molecule has 0 unspecified atom stereocenters. The zero-order chi connectivity index (χ0) is 11.8. The molecule has 0 radical (unpaired) electrons. The Hall–Kier alpha value is -1.81. The second-order valence-electron chi connectivity index (χ2n) is 3.77. The molecule has 0 bridgehead atoms. The van der Waals surface area contributed by atoms with Gasteiger partial charge in [0.1, 0.15) is 6.33 Å². The molecule has 2 heterocycles. The van der Waals surface area contributed by atoms with Crippen molar-refractivity contribution in [2.45, 2.75) is 6.42 Å². The SMILES string of the molecule is O=C1OCCc2ncn(-c3ccc(Cl)cc3)c21. The van der Waals surface area contributed by atoms with Gasteiger partial charge in [-0.15, -0.1) is 0 Å². The van der Waals surface area contributed by atoms with Crippen LogP contribution in [-0.4, -0.2) is 22.1 Å². The first kappa shape index (κ1) is 10.4. The molecule has 4 nitrogen and oxygen atoms in total. The second-order valence-corrected chi connectivity index (χ2v) is 4.21. The Morgan fingerprint density at radius 1 is 1.29 bits per heavy atom. The zero-order valence-electron chi connectivity index (χ0n) is 8.89. The van der Waals surface area contributed by atoms with Gasteiger partial charge in [0.2, 0.25) is 0 Å². The number of imidazole rings is 1. The number of carbonyl (C=O) groups is 1. The van der Waals surface area contributed by atoms with Gasteiger partial charge in [-0.05, 0) is 24.3 Å².